The number of rotatable bonds is 7. The Bertz CT molecular complexity index is 771. The predicted octanol–water partition coefficient (Wildman–Crippen LogP) is 3.45. The second kappa shape index (κ2) is 6.07. The third-order valence-electron chi connectivity index (χ3n) is 4.25. The van der Waals surface area contributed by atoms with Gasteiger partial charge < -0.3 is 10.6 Å². The largest absolute Gasteiger partial charge is 0.366 e. The maximum Gasteiger partial charge on any atom is 0.269 e. The van der Waals surface area contributed by atoms with Gasteiger partial charge >= 0.3 is 0 Å². The number of nitrogens with one attached hydrogen (secondary N) is 2. The zero-order valence-electron chi connectivity index (χ0n) is 13.2. The first kappa shape index (κ1) is 14.9. The Morgan fingerprint density at radius 1 is 1.17 bits per heavy atom. The second-order valence-corrected chi connectivity index (χ2v) is 6.48. The van der Waals surface area contributed by atoms with Gasteiger partial charge in [-0.15, -0.1) is 0 Å². The van der Waals surface area contributed by atoms with Crippen LogP contribution < -0.4 is 10.6 Å². The first-order chi connectivity index (χ1) is 11.7. The summed E-state index contributed by atoms with van der Waals surface area (Å²) in [5.41, 5.74) is 2.04. The van der Waals surface area contributed by atoms with Crippen molar-refractivity contribution in [3.63, 3.8) is 0 Å². The molecule has 7 heteroatoms. The molecule has 1 aromatic heterocycles. The number of hydrogen-bond acceptors (Lipinski definition) is 6. The van der Waals surface area contributed by atoms with E-state index in [9.17, 15) is 10.1 Å². The monoisotopic (exact) mass is 325 g/mol. The van der Waals surface area contributed by atoms with E-state index in [1.54, 1.807) is 12.1 Å². The van der Waals surface area contributed by atoms with E-state index in [0.717, 1.165) is 17.1 Å². The lowest BCUT2D eigenvalue weighted by Gasteiger charge is -2.11. The van der Waals surface area contributed by atoms with Crippen LogP contribution in [0.15, 0.2) is 30.3 Å². The van der Waals surface area contributed by atoms with Crippen LogP contribution in [0.25, 0.3) is 0 Å². The van der Waals surface area contributed by atoms with E-state index < -0.39 is 0 Å². The van der Waals surface area contributed by atoms with Crippen LogP contribution in [-0.4, -0.2) is 20.9 Å². The molecule has 0 saturated heterocycles. The van der Waals surface area contributed by atoms with Crippen molar-refractivity contribution in [1.29, 1.82) is 0 Å². The molecule has 0 unspecified atom stereocenters. The van der Waals surface area contributed by atoms with E-state index in [0.29, 0.717) is 24.5 Å². The molecule has 1 heterocycles. The van der Waals surface area contributed by atoms with E-state index in [4.69, 9.17) is 0 Å². The zero-order valence-corrected chi connectivity index (χ0v) is 13.2. The van der Waals surface area contributed by atoms with Crippen LogP contribution in [0, 0.1) is 10.1 Å². The van der Waals surface area contributed by atoms with Gasteiger partial charge in [0, 0.05) is 36.7 Å². The molecule has 0 aliphatic heterocycles. The molecule has 0 atom stereocenters. The van der Waals surface area contributed by atoms with Crippen LogP contribution in [0.2, 0.25) is 0 Å². The summed E-state index contributed by atoms with van der Waals surface area (Å²) >= 11 is 0. The number of benzene rings is 1. The maximum absolute atomic E-state index is 10.9. The van der Waals surface area contributed by atoms with Gasteiger partial charge in [0.05, 0.1) is 10.6 Å². The lowest BCUT2D eigenvalue weighted by molar-refractivity contribution is -0.384. The minimum Gasteiger partial charge on any atom is -0.366 e. The molecule has 2 aliphatic rings. The van der Waals surface area contributed by atoms with Crippen LogP contribution in [0.5, 0.6) is 0 Å². The van der Waals surface area contributed by atoms with Crippen molar-refractivity contribution >= 4 is 17.5 Å². The topological polar surface area (TPSA) is 93.0 Å². The molecule has 24 heavy (non-hydrogen) atoms. The van der Waals surface area contributed by atoms with Gasteiger partial charge in [-0.25, -0.2) is 4.98 Å². The van der Waals surface area contributed by atoms with E-state index >= 15 is 0 Å². The lowest BCUT2D eigenvalue weighted by Crippen LogP contribution is -2.10. The molecule has 4 rings (SSSR count). The first-order valence-corrected chi connectivity index (χ1v) is 8.30. The Morgan fingerprint density at radius 3 is 2.71 bits per heavy atom. The Kier molecular flexibility index (Phi) is 3.76. The number of nitro groups is 1. The summed E-state index contributed by atoms with van der Waals surface area (Å²) in [6.45, 7) is 0.492. The van der Waals surface area contributed by atoms with Gasteiger partial charge in [0.25, 0.3) is 5.69 Å². The van der Waals surface area contributed by atoms with Crippen molar-refractivity contribution in [3.05, 3.63) is 51.7 Å². The molecule has 2 aromatic rings. The molecule has 1 aromatic carbocycles. The highest BCUT2D eigenvalue weighted by molar-refractivity contribution is 5.46. The number of anilines is 2. The van der Waals surface area contributed by atoms with Gasteiger partial charge in [-0.2, -0.15) is 4.98 Å². The molecule has 7 nitrogen and oxygen atoms in total. The summed E-state index contributed by atoms with van der Waals surface area (Å²) in [6, 6.07) is 9.14. The van der Waals surface area contributed by atoms with Crippen LogP contribution in [-0.2, 0) is 6.54 Å². The molecule has 2 saturated carbocycles. The van der Waals surface area contributed by atoms with Crippen LogP contribution >= 0.6 is 0 Å². The van der Waals surface area contributed by atoms with Crippen molar-refractivity contribution in [2.45, 2.75) is 44.2 Å². The summed E-state index contributed by atoms with van der Waals surface area (Å²) in [7, 11) is 0. The molecular formula is C17H19N5O2. The number of hydrogen-bond donors (Lipinski definition) is 2. The van der Waals surface area contributed by atoms with Crippen molar-refractivity contribution < 1.29 is 4.92 Å². The van der Waals surface area contributed by atoms with Crippen LogP contribution in [0.4, 0.5) is 17.5 Å². The highest BCUT2D eigenvalue weighted by Gasteiger charge is 2.27. The first-order valence-electron chi connectivity index (χ1n) is 8.30. The standard InChI is InChI=1S/C17H19N5O2/c23-22(24)14-3-1-2-11(8-14)10-18-16-9-15(12-4-5-12)20-17(21-16)19-13-6-7-13/h1-3,8-9,12-13H,4-7,10H2,(H2,18,19,20,21). The van der Waals surface area contributed by atoms with E-state index in [-0.39, 0.29) is 10.6 Å². The van der Waals surface area contributed by atoms with Gasteiger partial charge in [-0.3, -0.25) is 10.1 Å². The van der Waals surface area contributed by atoms with Gasteiger partial charge in [0.2, 0.25) is 5.95 Å². The summed E-state index contributed by atoms with van der Waals surface area (Å²) < 4.78 is 0. The average Bonchev–Trinajstić information content (AvgIpc) is 3.46. The number of nitrogens with zero attached hydrogens (tertiary/aromatic N) is 3. The second-order valence-electron chi connectivity index (χ2n) is 6.48. The van der Waals surface area contributed by atoms with Gasteiger partial charge in [0.15, 0.2) is 0 Å². The van der Waals surface area contributed by atoms with Crippen molar-refractivity contribution in [3.8, 4) is 0 Å². The van der Waals surface area contributed by atoms with Crippen molar-refractivity contribution in [2.24, 2.45) is 0 Å². The van der Waals surface area contributed by atoms with Gasteiger partial charge in [0.1, 0.15) is 5.82 Å². The highest BCUT2D eigenvalue weighted by atomic mass is 16.6. The molecule has 2 N–H and O–H groups in total. The molecule has 0 bridgehead atoms. The van der Waals surface area contributed by atoms with Crippen LogP contribution in [0.1, 0.15) is 42.9 Å². The molecule has 0 amide bonds. The van der Waals surface area contributed by atoms with E-state index in [2.05, 4.69) is 20.6 Å². The van der Waals surface area contributed by atoms with E-state index in [1.165, 1.54) is 31.7 Å². The summed E-state index contributed by atoms with van der Waals surface area (Å²) in [5.74, 6) is 2.00. The van der Waals surface area contributed by atoms with Gasteiger partial charge in [-0.05, 0) is 31.2 Å². The Morgan fingerprint density at radius 2 is 2.00 bits per heavy atom. The molecule has 2 aliphatic carbocycles. The smallest absolute Gasteiger partial charge is 0.269 e. The number of nitro benzene ring substituents is 1. The fourth-order valence-corrected chi connectivity index (χ4v) is 2.59. The average molecular weight is 325 g/mol. The van der Waals surface area contributed by atoms with Gasteiger partial charge in [-0.1, -0.05) is 12.1 Å². The summed E-state index contributed by atoms with van der Waals surface area (Å²) in [6.07, 6.45) is 4.72. The highest BCUT2D eigenvalue weighted by Crippen LogP contribution is 2.40. The Labute approximate surface area is 139 Å². The summed E-state index contributed by atoms with van der Waals surface area (Å²) in [4.78, 5) is 19.6. The minimum absolute atomic E-state index is 0.103. The fraction of sp³-hybridized carbons (Fsp3) is 0.412. The number of non-ortho nitro benzene ring substituents is 1. The molecule has 2 fully saturated rings. The molecule has 0 spiro atoms. The van der Waals surface area contributed by atoms with Crippen molar-refractivity contribution in [1.82, 2.24) is 9.97 Å². The zero-order chi connectivity index (χ0) is 16.5. The number of aromatic nitrogens is 2. The molecular weight excluding hydrogens is 306 g/mol. The Hall–Kier alpha value is -2.70. The quantitative estimate of drug-likeness (QED) is 0.598. The fourth-order valence-electron chi connectivity index (χ4n) is 2.59. The minimum atomic E-state index is -0.378. The molecule has 0 radical (unpaired) electrons. The third kappa shape index (κ3) is 3.61. The maximum atomic E-state index is 10.9. The molecule has 124 valence electrons. The normalized spacial score (nSPS) is 16.7. The third-order valence-corrected chi connectivity index (χ3v) is 4.25. The van der Waals surface area contributed by atoms with E-state index in [1.807, 2.05) is 12.1 Å². The van der Waals surface area contributed by atoms with Crippen LogP contribution in [0.3, 0.4) is 0 Å². The SMILES string of the molecule is O=[N+]([O-])c1cccc(CNc2cc(C3CC3)nc(NC3CC3)n2)c1. The summed E-state index contributed by atoms with van der Waals surface area (Å²) in [5, 5.41) is 17.5. The Balaban J connectivity index is 1.49. The van der Waals surface area contributed by atoms with Crippen molar-refractivity contribution in [2.75, 3.05) is 10.6 Å². The predicted molar refractivity (Wildman–Crippen MR) is 91.1 cm³/mol. The lowest BCUT2D eigenvalue weighted by atomic mass is 10.2.